The molecule has 0 heterocycles. The minimum atomic E-state index is -0.438. The van der Waals surface area contributed by atoms with Crippen LogP contribution in [0, 0.1) is 0 Å². The van der Waals surface area contributed by atoms with Gasteiger partial charge in [0, 0.05) is 9.79 Å². The molecule has 0 amide bonds. The van der Waals surface area contributed by atoms with E-state index in [4.69, 9.17) is 23.2 Å². The highest BCUT2D eigenvalue weighted by Crippen LogP contribution is 2.36. The molecule has 2 aromatic carbocycles. The van der Waals surface area contributed by atoms with Crippen LogP contribution in [0.15, 0.2) is 52.3 Å². The van der Waals surface area contributed by atoms with E-state index in [-0.39, 0.29) is 0 Å². The van der Waals surface area contributed by atoms with Gasteiger partial charge in [-0.15, -0.1) is 0 Å². The van der Waals surface area contributed by atoms with Crippen molar-refractivity contribution >= 4 is 35.0 Å². The van der Waals surface area contributed by atoms with Crippen molar-refractivity contribution in [3.8, 4) is 0 Å². The standard InChI is InChI=1S/C15H14Cl2OS/c1-2-14(18)11-5-3-4-6-15(11)19-10-7-8-12(16)13(17)9-10/h3-9,14,18H,2H2,1H3/t14-/m1/s1. The number of rotatable bonds is 4. The smallest absolute Gasteiger partial charge is 0.0798 e. The summed E-state index contributed by atoms with van der Waals surface area (Å²) in [7, 11) is 0. The van der Waals surface area contributed by atoms with Crippen LogP contribution in [-0.2, 0) is 0 Å². The second-order valence-electron chi connectivity index (χ2n) is 4.14. The van der Waals surface area contributed by atoms with Crippen LogP contribution in [0.25, 0.3) is 0 Å². The van der Waals surface area contributed by atoms with Crippen molar-refractivity contribution < 1.29 is 5.11 Å². The highest BCUT2D eigenvalue weighted by atomic mass is 35.5. The maximum absolute atomic E-state index is 10.0. The average Bonchev–Trinajstić information content (AvgIpc) is 2.43. The van der Waals surface area contributed by atoms with Crippen LogP contribution in [0.5, 0.6) is 0 Å². The minimum Gasteiger partial charge on any atom is -0.388 e. The highest BCUT2D eigenvalue weighted by molar-refractivity contribution is 7.99. The molecule has 0 saturated carbocycles. The van der Waals surface area contributed by atoms with Gasteiger partial charge in [-0.1, -0.05) is 60.1 Å². The lowest BCUT2D eigenvalue weighted by Crippen LogP contribution is -1.97. The van der Waals surface area contributed by atoms with Gasteiger partial charge in [-0.3, -0.25) is 0 Å². The van der Waals surface area contributed by atoms with Crippen molar-refractivity contribution in [3.05, 3.63) is 58.1 Å². The number of benzene rings is 2. The molecular weight excluding hydrogens is 299 g/mol. The summed E-state index contributed by atoms with van der Waals surface area (Å²) < 4.78 is 0. The first-order valence-corrected chi connectivity index (χ1v) is 7.59. The molecule has 100 valence electrons. The molecule has 0 aliphatic carbocycles. The highest BCUT2D eigenvalue weighted by Gasteiger charge is 2.11. The maximum Gasteiger partial charge on any atom is 0.0798 e. The van der Waals surface area contributed by atoms with Gasteiger partial charge >= 0.3 is 0 Å². The average molecular weight is 313 g/mol. The first kappa shape index (κ1) is 14.7. The molecule has 0 unspecified atom stereocenters. The second-order valence-corrected chi connectivity index (χ2v) is 6.07. The number of hydrogen-bond acceptors (Lipinski definition) is 2. The SMILES string of the molecule is CC[C@@H](O)c1ccccc1Sc1ccc(Cl)c(Cl)c1. The molecule has 0 fully saturated rings. The summed E-state index contributed by atoms with van der Waals surface area (Å²) in [5, 5.41) is 11.1. The van der Waals surface area contributed by atoms with E-state index in [1.54, 1.807) is 17.8 Å². The Morgan fingerprint density at radius 3 is 2.53 bits per heavy atom. The number of aliphatic hydroxyl groups excluding tert-OH is 1. The van der Waals surface area contributed by atoms with E-state index in [1.165, 1.54) is 0 Å². The summed E-state index contributed by atoms with van der Waals surface area (Å²) in [4.78, 5) is 2.04. The van der Waals surface area contributed by atoms with E-state index in [9.17, 15) is 5.11 Å². The lowest BCUT2D eigenvalue weighted by molar-refractivity contribution is 0.171. The fourth-order valence-corrected chi connectivity index (χ4v) is 3.13. The van der Waals surface area contributed by atoms with Crippen molar-refractivity contribution in [2.24, 2.45) is 0 Å². The van der Waals surface area contributed by atoms with Gasteiger partial charge < -0.3 is 5.11 Å². The van der Waals surface area contributed by atoms with Crippen molar-refractivity contribution in [1.82, 2.24) is 0 Å². The molecule has 4 heteroatoms. The summed E-state index contributed by atoms with van der Waals surface area (Å²) >= 11 is 13.5. The molecule has 0 aliphatic heterocycles. The largest absolute Gasteiger partial charge is 0.388 e. The van der Waals surface area contributed by atoms with Crippen molar-refractivity contribution in [2.45, 2.75) is 29.2 Å². The third-order valence-electron chi connectivity index (χ3n) is 2.78. The zero-order chi connectivity index (χ0) is 13.8. The molecule has 2 rings (SSSR count). The van der Waals surface area contributed by atoms with E-state index in [0.717, 1.165) is 15.4 Å². The minimum absolute atomic E-state index is 0.438. The van der Waals surface area contributed by atoms with Crippen LogP contribution in [0.3, 0.4) is 0 Å². The quantitative estimate of drug-likeness (QED) is 0.794. The Kier molecular flexibility index (Phi) is 5.17. The second kappa shape index (κ2) is 6.67. The number of halogens is 2. The Bertz CT molecular complexity index is 572. The summed E-state index contributed by atoms with van der Waals surface area (Å²) in [6.07, 6.45) is 0.255. The van der Waals surface area contributed by atoms with E-state index in [1.807, 2.05) is 43.3 Å². The van der Waals surface area contributed by atoms with Crippen molar-refractivity contribution in [3.63, 3.8) is 0 Å². The third kappa shape index (κ3) is 3.67. The Morgan fingerprint density at radius 2 is 1.84 bits per heavy atom. The van der Waals surface area contributed by atoms with Gasteiger partial charge in [-0.05, 0) is 36.2 Å². The van der Waals surface area contributed by atoms with Gasteiger partial charge in [0.2, 0.25) is 0 Å². The zero-order valence-corrected chi connectivity index (χ0v) is 12.8. The van der Waals surface area contributed by atoms with E-state index < -0.39 is 6.10 Å². The molecule has 0 spiro atoms. The number of hydrogen-bond donors (Lipinski definition) is 1. The van der Waals surface area contributed by atoms with Gasteiger partial charge in [-0.25, -0.2) is 0 Å². The Balaban J connectivity index is 2.30. The van der Waals surface area contributed by atoms with E-state index >= 15 is 0 Å². The number of aliphatic hydroxyl groups is 1. The first-order chi connectivity index (χ1) is 9.11. The third-order valence-corrected chi connectivity index (χ3v) is 4.60. The molecule has 0 radical (unpaired) electrons. The van der Waals surface area contributed by atoms with Gasteiger partial charge in [-0.2, -0.15) is 0 Å². The zero-order valence-electron chi connectivity index (χ0n) is 10.4. The first-order valence-electron chi connectivity index (χ1n) is 6.01. The molecule has 0 aliphatic rings. The molecular formula is C15H14Cl2OS. The monoisotopic (exact) mass is 312 g/mol. The molecule has 1 nitrogen and oxygen atoms in total. The van der Waals surface area contributed by atoms with Gasteiger partial charge in [0.15, 0.2) is 0 Å². The summed E-state index contributed by atoms with van der Waals surface area (Å²) in [5.74, 6) is 0. The van der Waals surface area contributed by atoms with Gasteiger partial charge in [0.25, 0.3) is 0 Å². The summed E-state index contributed by atoms with van der Waals surface area (Å²) in [5.41, 5.74) is 0.945. The predicted molar refractivity (Wildman–Crippen MR) is 82.3 cm³/mol. The fourth-order valence-electron chi connectivity index (χ4n) is 1.74. The molecule has 1 atom stereocenters. The summed E-state index contributed by atoms with van der Waals surface area (Å²) in [6.45, 7) is 1.96. The lowest BCUT2D eigenvalue weighted by Gasteiger charge is -2.13. The summed E-state index contributed by atoms with van der Waals surface area (Å²) in [6, 6.07) is 13.4. The van der Waals surface area contributed by atoms with Crippen molar-refractivity contribution in [2.75, 3.05) is 0 Å². The van der Waals surface area contributed by atoms with E-state index in [0.29, 0.717) is 16.5 Å². The Morgan fingerprint density at radius 1 is 1.11 bits per heavy atom. The van der Waals surface area contributed by atoms with Gasteiger partial charge in [0.05, 0.1) is 16.1 Å². The fraction of sp³-hybridized carbons (Fsp3) is 0.200. The van der Waals surface area contributed by atoms with Crippen LogP contribution in [0.2, 0.25) is 10.0 Å². The Labute approximate surface area is 127 Å². The molecule has 2 aromatic rings. The molecule has 19 heavy (non-hydrogen) atoms. The van der Waals surface area contributed by atoms with Crippen LogP contribution in [0.1, 0.15) is 25.0 Å². The maximum atomic E-state index is 10.0. The van der Waals surface area contributed by atoms with E-state index in [2.05, 4.69) is 0 Å². The van der Waals surface area contributed by atoms with Crippen molar-refractivity contribution in [1.29, 1.82) is 0 Å². The topological polar surface area (TPSA) is 20.2 Å². The van der Waals surface area contributed by atoms with Crippen LogP contribution >= 0.6 is 35.0 Å². The normalized spacial score (nSPS) is 12.4. The Hall–Kier alpha value is -0.670. The predicted octanol–water partition coefficient (Wildman–Crippen LogP) is 5.59. The van der Waals surface area contributed by atoms with Crippen LogP contribution < -0.4 is 0 Å². The molecule has 0 saturated heterocycles. The van der Waals surface area contributed by atoms with Gasteiger partial charge in [0.1, 0.15) is 0 Å². The van der Waals surface area contributed by atoms with Crippen LogP contribution in [0.4, 0.5) is 0 Å². The van der Waals surface area contributed by atoms with Crippen LogP contribution in [-0.4, -0.2) is 5.11 Å². The molecule has 0 aromatic heterocycles. The lowest BCUT2D eigenvalue weighted by atomic mass is 10.1. The molecule has 1 N–H and O–H groups in total. The molecule has 0 bridgehead atoms.